The van der Waals surface area contributed by atoms with Gasteiger partial charge in [0.05, 0.1) is 11.4 Å². The quantitative estimate of drug-likeness (QED) is 0.539. The van der Waals surface area contributed by atoms with Crippen LogP contribution in [-0.2, 0) is 0 Å². The first-order valence-corrected chi connectivity index (χ1v) is 7.80. The first kappa shape index (κ1) is 15.2. The summed E-state index contributed by atoms with van der Waals surface area (Å²) in [6.07, 6.45) is 1.33. The number of fused-ring (bicyclic) bond motifs is 1. The van der Waals surface area contributed by atoms with E-state index in [-0.39, 0.29) is 11.5 Å². The molecule has 0 atom stereocenters. The zero-order valence-electron chi connectivity index (χ0n) is 12.9. The second-order valence-corrected chi connectivity index (χ2v) is 5.89. The molecule has 4 aromatic rings. The Morgan fingerprint density at radius 3 is 2.40 bits per heavy atom. The van der Waals surface area contributed by atoms with Gasteiger partial charge in [-0.2, -0.15) is 0 Å². The summed E-state index contributed by atoms with van der Waals surface area (Å²) in [4.78, 5) is 21.4. The summed E-state index contributed by atoms with van der Waals surface area (Å²) in [6.45, 7) is 0. The smallest absolute Gasteiger partial charge is 0.339 e. The Balaban J connectivity index is 2.13. The number of nitrogen functional groups attached to an aromatic ring is 2. The van der Waals surface area contributed by atoms with E-state index < -0.39 is 0 Å². The summed E-state index contributed by atoms with van der Waals surface area (Å²) in [5.41, 5.74) is 14.2. The van der Waals surface area contributed by atoms with Gasteiger partial charge in [-0.25, -0.2) is 19.3 Å². The number of hydrogen-bond acceptors (Lipinski definition) is 5. The van der Waals surface area contributed by atoms with Gasteiger partial charge in [-0.3, -0.25) is 4.57 Å². The van der Waals surface area contributed by atoms with Crippen LogP contribution >= 0.6 is 11.6 Å². The fraction of sp³-hybridized carbons (Fsp3) is 0. The fourth-order valence-electron chi connectivity index (χ4n) is 2.77. The summed E-state index contributed by atoms with van der Waals surface area (Å²) >= 11 is 5.95. The molecule has 25 heavy (non-hydrogen) atoms. The van der Waals surface area contributed by atoms with Crippen molar-refractivity contribution in [2.24, 2.45) is 0 Å². The van der Waals surface area contributed by atoms with Crippen molar-refractivity contribution < 1.29 is 0 Å². The molecule has 4 N–H and O–H groups in total. The maximum atomic E-state index is 13.2. The Labute approximate surface area is 147 Å². The van der Waals surface area contributed by atoms with E-state index >= 15 is 0 Å². The molecule has 0 amide bonds. The number of halogens is 1. The highest BCUT2D eigenvalue weighted by Crippen LogP contribution is 2.24. The van der Waals surface area contributed by atoms with E-state index in [1.165, 1.54) is 15.5 Å². The van der Waals surface area contributed by atoms with Crippen LogP contribution in [0.5, 0.6) is 0 Å². The van der Waals surface area contributed by atoms with Crippen molar-refractivity contribution in [3.63, 3.8) is 0 Å². The van der Waals surface area contributed by atoms with Crippen LogP contribution in [-0.4, -0.2) is 19.1 Å². The fourth-order valence-corrected chi connectivity index (χ4v) is 2.90. The number of nitrogens with zero attached hydrogens (tertiary/aromatic N) is 4. The van der Waals surface area contributed by atoms with Crippen molar-refractivity contribution in [1.29, 1.82) is 0 Å². The maximum absolute atomic E-state index is 13.2. The van der Waals surface area contributed by atoms with Gasteiger partial charge in [0.15, 0.2) is 11.5 Å². The Hall–Kier alpha value is -3.32. The highest BCUT2D eigenvalue weighted by atomic mass is 35.5. The molecule has 0 aliphatic rings. The van der Waals surface area contributed by atoms with Gasteiger partial charge in [0.25, 0.3) is 0 Å². The molecule has 0 radical (unpaired) electrons. The average Bonchev–Trinajstić information content (AvgIpc) is 2.89. The minimum Gasteiger partial charge on any atom is -0.399 e. The normalized spacial score (nSPS) is 11.1. The van der Waals surface area contributed by atoms with Crippen molar-refractivity contribution in [3.8, 4) is 11.4 Å². The Bertz CT molecular complexity index is 1150. The Morgan fingerprint density at radius 2 is 1.68 bits per heavy atom. The van der Waals surface area contributed by atoms with E-state index in [9.17, 15) is 4.79 Å². The molecule has 0 aliphatic heterocycles. The summed E-state index contributed by atoms with van der Waals surface area (Å²) < 4.78 is 2.92. The number of aromatic nitrogens is 4. The molecule has 0 bridgehead atoms. The Kier molecular flexibility index (Phi) is 3.43. The molecule has 0 unspecified atom stereocenters. The van der Waals surface area contributed by atoms with Gasteiger partial charge < -0.3 is 11.5 Å². The SMILES string of the molecule is Nc1cccc(-n2c(=O)n(-c3ccc(Cl)cc3)c3c(N)ncnc32)c1. The second-order valence-electron chi connectivity index (χ2n) is 5.46. The zero-order valence-corrected chi connectivity index (χ0v) is 13.7. The van der Waals surface area contributed by atoms with E-state index in [4.69, 9.17) is 23.1 Å². The molecule has 0 aliphatic carbocycles. The summed E-state index contributed by atoms with van der Waals surface area (Å²) in [7, 11) is 0. The molecule has 4 rings (SSSR count). The van der Waals surface area contributed by atoms with Gasteiger partial charge in [0.2, 0.25) is 0 Å². The lowest BCUT2D eigenvalue weighted by Crippen LogP contribution is -2.22. The van der Waals surface area contributed by atoms with Crippen molar-refractivity contribution in [3.05, 3.63) is 70.4 Å². The van der Waals surface area contributed by atoms with Gasteiger partial charge in [-0.05, 0) is 42.5 Å². The molecule has 2 heterocycles. The molecular formula is C17H13ClN6O. The molecule has 124 valence electrons. The van der Waals surface area contributed by atoms with Gasteiger partial charge in [-0.1, -0.05) is 17.7 Å². The minimum atomic E-state index is -0.324. The molecule has 8 heteroatoms. The van der Waals surface area contributed by atoms with Crippen molar-refractivity contribution in [2.45, 2.75) is 0 Å². The van der Waals surface area contributed by atoms with Crippen LogP contribution in [0.3, 0.4) is 0 Å². The van der Waals surface area contributed by atoms with Crippen LogP contribution in [0.25, 0.3) is 22.5 Å². The second kappa shape index (κ2) is 5.64. The van der Waals surface area contributed by atoms with E-state index in [1.807, 2.05) is 0 Å². The maximum Gasteiger partial charge on any atom is 0.339 e. The van der Waals surface area contributed by atoms with E-state index in [0.717, 1.165) is 0 Å². The van der Waals surface area contributed by atoms with Crippen LogP contribution in [0.1, 0.15) is 0 Å². The zero-order chi connectivity index (χ0) is 17.6. The molecule has 0 saturated carbocycles. The molecule has 0 fully saturated rings. The monoisotopic (exact) mass is 352 g/mol. The van der Waals surface area contributed by atoms with E-state index in [0.29, 0.717) is 33.2 Å². The largest absolute Gasteiger partial charge is 0.399 e. The number of benzene rings is 2. The third kappa shape index (κ3) is 2.41. The molecule has 2 aromatic carbocycles. The Morgan fingerprint density at radius 1 is 0.920 bits per heavy atom. The predicted molar refractivity (Wildman–Crippen MR) is 98.3 cm³/mol. The standard InChI is InChI=1S/C17H13ClN6O/c18-10-4-6-12(7-5-10)23-14-15(20)21-9-22-16(14)24(17(23)25)13-3-1-2-11(19)8-13/h1-9H,19H2,(H2,20,21,22). The van der Waals surface area contributed by atoms with Crippen LogP contribution in [0.2, 0.25) is 5.02 Å². The van der Waals surface area contributed by atoms with Crippen molar-refractivity contribution in [2.75, 3.05) is 11.5 Å². The summed E-state index contributed by atoms with van der Waals surface area (Å²) in [5, 5.41) is 0.570. The van der Waals surface area contributed by atoms with Crippen LogP contribution < -0.4 is 17.2 Å². The van der Waals surface area contributed by atoms with Crippen LogP contribution in [0.4, 0.5) is 11.5 Å². The highest BCUT2D eigenvalue weighted by molar-refractivity contribution is 6.30. The number of nitrogens with two attached hydrogens (primary N) is 2. The number of anilines is 2. The van der Waals surface area contributed by atoms with E-state index in [2.05, 4.69) is 9.97 Å². The molecule has 2 aromatic heterocycles. The topological polar surface area (TPSA) is 105 Å². The van der Waals surface area contributed by atoms with Crippen LogP contribution in [0.15, 0.2) is 59.7 Å². The van der Waals surface area contributed by atoms with Crippen LogP contribution in [0, 0.1) is 0 Å². The van der Waals surface area contributed by atoms with Gasteiger partial charge >= 0.3 is 5.69 Å². The lowest BCUT2D eigenvalue weighted by Gasteiger charge is -2.04. The molecular weight excluding hydrogens is 340 g/mol. The third-order valence-corrected chi connectivity index (χ3v) is 4.11. The third-order valence-electron chi connectivity index (χ3n) is 3.86. The number of imidazole rings is 1. The van der Waals surface area contributed by atoms with E-state index in [1.54, 1.807) is 48.5 Å². The summed E-state index contributed by atoms with van der Waals surface area (Å²) in [5.74, 6) is 0.208. The van der Waals surface area contributed by atoms with Crippen molar-refractivity contribution >= 4 is 34.3 Å². The predicted octanol–water partition coefficient (Wildman–Crippen LogP) is 2.39. The average molecular weight is 353 g/mol. The molecule has 0 spiro atoms. The first-order chi connectivity index (χ1) is 12.1. The highest BCUT2D eigenvalue weighted by Gasteiger charge is 2.19. The van der Waals surface area contributed by atoms with Crippen molar-refractivity contribution in [1.82, 2.24) is 19.1 Å². The van der Waals surface area contributed by atoms with Gasteiger partial charge in [0, 0.05) is 10.7 Å². The van der Waals surface area contributed by atoms with Gasteiger partial charge in [0.1, 0.15) is 11.8 Å². The number of rotatable bonds is 2. The lowest BCUT2D eigenvalue weighted by atomic mass is 10.3. The minimum absolute atomic E-state index is 0.208. The molecule has 0 saturated heterocycles. The van der Waals surface area contributed by atoms with Gasteiger partial charge in [-0.15, -0.1) is 0 Å². The summed E-state index contributed by atoms with van der Waals surface area (Å²) in [6, 6.07) is 13.9. The lowest BCUT2D eigenvalue weighted by molar-refractivity contribution is 0.926. The molecule has 7 nitrogen and oxygen atoms in total. The number of hydrogen-bond donors (Lipinski definition) is 2. The first-order valence-electron chi connectivity index (χ1n) is 7.42.